The minimum atomic E-state index is -0.919. The zero-order chi connectivity index (χ0) is 21.4. The number of anilines is 1. The van der Waals surface area contributed by atoms with Crippen LogP contribution in [-0.4, -0.2) is 27.7 Å². The number of benzene rings is 1. The maximum atomic E-state index is 14.1. The van der Waals surface area contributed by atoms with E-state index in [9.17, 15) is 9.18 Å². The molecule has 0 radical (unpaired) electrons. The molecular formula is C23H27FN4O. The second kappa shape index (κ2) is 10.3. The Morgan fingerprint density at radius 3 is 2.48 bits per heavy atom. The number of alkyl halides is 1. The van der Waals surface area contributed by atoms with Crippen LogP contribution >= 0.6 is 0 Å². The van der Waals surface area contributed by atoms with Gasteiger partial charge in [0.15, 0.2) is 0 Å². The van der Waals surface area contributed by atoms with Gasteiger partial charge in [-0.2, -0.15) is 5.10 Å². The third-order valence-electron chi connectivity index (χ3n) is 4.77. The molecule has 2 aromatic heterocycles. The van der Waals surface area contributed by atoms with Crippen molar-refractivity contribution in [3.8, 4) is 24.0 Å². The molecule has 1 fully saturated rings. The number of carbonyl (C=O) groups is 1. The Morgan fingerprint density at radius 1 is 1.21 bits per heavy atom. The van der Waals surface area contributed by atoms with Crippen LogP contribution in [0.4, 0.5) is 10.1 Å². The summed E-state index contributed by atoms with van der Waals surface area (Å²) in [6.45, 7) is 4.00. The van der Waals surface area contributed by atoms with Crippen LogP contribution in [0, 0.1) is 12.8 Å². The van der Waals surface area contributed by atoms with Crippen molar-refractivity contribution in [2.45, 2.75) is 45.3 Å². The number of carbonyl (C=O) groups excluding carboxylic acids is 1. The quantitative estimate of drug-likeness (QED) is 0.631. The van der Waals surface area contributed by atoms with E-state index in [0.29, 0.717) is 17.6 Å². The van der Waals surface area contributed by atoms with E-state index in [1.807, 2.05) is 56.4 Å². The van der Waals surface area contributed by atoms with E-state index in [0.717, 1.165) is 24.0 Å². The van der Waals surface area contributed by atoms with Crippen molar-refractivity contribution in [1.29, 1.82) is 0 Å². The molecule has 1 amide bonds. The molecule has 6 heteroatoms. The summed E-state index contributed by atoms with van der Waals surface area (Å²) >= 11 is 0. The second-order valence-electron chi connectivity index (χ2n) is 6.42. The highest BCUT2D eigenvalue weighted by molar-refractivity contribution is 6.02. The summed E-state index contributed by atoms with van der Waals surface area (Å²) in [7, 11) is 0. The van der Waals surface area contributed by atoms with Crippen LogP contribution in [0.3, 0.4) is 0 Å². The fourth-order valence-electron chi connectivity index (χ4n) is 3.45. The Hall–Kier alpha value is -3.33. The summed E-state index contributed by atoms with van der Waals surface area (Å²) in [5, 5.41) is 7.50. The van der Waals surface area contributed by atoms with Gasteiger partial charge in [0.1, 0.15) is 6.17 Å². The van der Waals surface area contributed by atoms with Crippen LogP contribution < -0.4 is 11.1 Å². The molecule has 152 valence electrons. The van der Waals surface area contributed by atoms with Crippen molar-refractivity contribution < 1.29 is 9.18 Å². The van der Waals surface area contributed by atoms with E-state index in [1.54, 1.807) is 4.52 Å². The molecule has 0 bridgehead atoms. The number of rotatable bonds is 4. The third kappa shape index (κ3) is 4.75. The van der Waals surface area contributed by atoms with Gasteiger partial charge in [-0.25, -0.2) is 8.91 Å². The molecule has 2 heterocycles. The lowest BCUT2D eigenvalue weighted by atomic mass is 10.1. The zero-order valence-corrected chi connectivity index (χ0v) is 16.8. The fraction of sp³-hybridized carbons (Fsp3) is 0.304. The molecular weight excluding hydrogens is 367 g/mol. The van der Waals surface area contributed by atoms with Gasteiger partial charge in [-0.05, 0) is 30.9 Å². The number of aromatic nitrogens is 2. The Morgan fingerprint density at radius 2 is 1.90 bits per heavy atom. The topological polar surface area (TPSA) is 72.4 Å². The van der Waals surface area contributed by atoms with Crippen LogP contribution in [0.15, 0.2) is 48.8 Å². The van der Waals surface area contributed by atoms with Gasteiger partial charge in [0, 0.05) is 11.8 Å². The van der Waals surface area contributed by atoms with Gasteiger partial charge < -0.3 is 11.1 Å². The molecule has 0 aliphatic heterocycles. The van der Waals surface area contributed by atoms with E-state index in [2.05, 4.69) is 23.3 Å². The van der Waals surface area contributed by atoms with Gasteiger partial charge in [0.05, 0.1) is 29.0 Å². The smallest absolute Gasteiger partial charge is 0.252 e. The molecule has 1 saturated carbocycles. The largest absolute Gasteiger partial charge is 0.377 e. The molecule has 0 spiro atoms. The number of hydrogen-bond donors (Lipinski definition) is 2. The number of amides is 1. The first-order chi connectivity index (χ1) is 14.1. The summed E-state index contributed by atoms with van der Waals surface area (Å²) in [5.41, 5.74) is 9.08. The van der Waals surface area contributed by atoms with E-state index in [-0.39, 0.29) is 11.6 Å². The number of nitrogens with two attached hydrogens (primary N) is 1. The van der Waals surface area contributed by atoms with Gasteiger partial charge in [-0.15, -0.1) is 12.8 Å². The first kappa shape index (κ1) is 22.0. The maximum absolute atomic E-state index is 14.1. The van der Waals surface area contributed by atoms with Crippen LogP contribution in [0.2, 0.25) is 0 Å². The van der Waals surface area contributed by atoms with E-state index >= 15 is 0 Å². The Bertz CT molecular complexity index is 965. The number of primary amides is 1. The van der Waals surface area contributed by atoms with Crippen molar-refractivity contribution in [3.05, 3.63) is 54.4 Å². The summed E-state index contributed by atoms with van der Waals surface area (Å²) in [6, 6.07) is 11.5. The van der Waals surface area contributed by atoms with Crippen LogP contribution in [0.25, 0.3) is 16.6 Å². The van der Waals surface area contributed by atoms with Gasteiger partial charge in [-0.3, -0.25) is 4.79 Å². The molecule has 2 atom stereocenters. The highest BCUT2D eigenvalue weighted by Crippen LogP contribution is 2.32. The minimum absolute atomic E-state index is 0.282. The lowest BCUT2D eigenvalue weighted by Gasteiger charge is -2.19. The first-order valence-electron chi connectivity index (χ1n) is 9.74. The van der Waals surface area contributed by atoms with Crippen molar-refractivity contribution in [1.82, 2.24) is 9.61 Å². The van der Waals surface area contributed by atoms with Gasteiger partial charge in [-0.1, -0.05) is 44.2 Å². The van der Waals surface area contributed by atoms with E-state index in [4.69, 9.17) is 5.73 Å². The van der Waals surface area contributed by atoms with Gasteiger partial charge >= 0.3 is 0 Å². The summed E-state index contributed by atoms with van der Waals surface area (Å²) in [4.78, 5) is 11.8. The number of terminal acetylenes is 1. The predicted molar refractivity (Wildman–Crippen MR) is 117 cm³/mol. The Balaban J connectivity index is 0.000000707. The molecule has 0 unspecified atom stereocenters. The van der Waals surface area contributed by atoms with Crippen molar-refractivity contribution in [2.24, 2.45) is 5.73 Å². The second-order valence-corrected chi connectivity index (χ2v) is 6.42. The maximum Gasteiger partial charge on any atom is 0.252 e. The van der Waals surface area contributed by atoms with E-state index < -0.39 is 12.1 Å². The number of halogens is 1. The Labute approximate surface area is 171 Å². The van der Waals surface area contributed by atoms with Crippen LogP contribution in [-0.2, 0) is 0 Å². The van der Waals surface area contributed by atoms with Crippen molar-refractivity contribution in [2.75, 3.05) is 5.32 Å². The molecule has 1 aliphatic rings. The predicted octanol–water partition coefficient (Wildman–Crippen LogP) is 4.68. The lowest BCUT2D eigenvalue weighted by molar-refractivity contribution is 0.100. The van der Waals surface area contributed by atoms with E-state index in [1.165, 1.54) is 6.20 Å². The molecule has 3 aromatic rings. The van der Waals surface area contributed by atoms with Crippen molar-refractivity contribution >= 4 is 17.1 Å². The molecule has 3 N–H and O–H groups in total. The molecule has 0 saturated heterocycles. The number of nitrogens with zero attached hydrogens (tertiary/aromatic N) is 2. The highest BCUT2D eigenvalue weighted by atomic mass is 19.1. The zero-order valence-electron chi connectivity index (χ0n) is 16.8. The summed E-state index contributed by atoms with van der Waals surface area (Å²) in [6.07, 6.45) is 12.5. The first-order valence-corrected chi connectivity index (χ1v) is 9.74. The number of fused-ring (bicyclic) bond motifs is 1. The summed E-state index contributed by atoms with van der Waals surface area (Å²) in [5.74, 6) is -0.576. The molecule has 5 nitrogen and oxygen atoms in total. The highest BCUT2D eigenvalue weighted by Gasteiger charge is 2.28. The average molecular weight is 394 g/mol. The normalized spacial score (nSPS) is 17.6. The summed E-state index contributed by atoms with van der Waals surface area (Å²) < 4.78 is 15.8. The minimum Gasteiger partial charge on any atom is -0.377 e. The molecule has 29 heavy (non-hydrogen) atoms. The van der Waals surface area contributed by atoms with Gasteiger partial charge in [0.2, 0.25) is 0 Å². The number of nitrogens with one attached hydrogen (secondary N) is 1. The molecule has 4 rings (SSSR count). The third-order valence-corrected chi connectivity index (χ3v) is 4.77. The Kier molecular flexibility index (Phi) is 7.79. The number of hydrogen-bond acceptors (Lipinski definition) is 3. The average Bonchev–Trinajstić information content (AvgIpc) is 3.38. The van der Waals surface area contributed by atoms with Crippen LogP contribution in [0.5, 0.6) is 0 Å². The lowest BCUT2D eigenvalue weighted by Crippen LogP contribution is -2.27. The SMILES string of the molecule is C#C.CC.NC(=O)c1cnn2cc(-c3ccccc3)cc2c1N[C@@H]1CCC[C@@H]1F. The fourth-order valence-corrected chi connectivity index (χ4v) is 3.45. The monoisotopic (exact) mass is 394 g/mol. The molecule has 1 aliphatic carbocycles. The van der Waals surface area contributed by atoms with Crippen LogP contribution in [0.1, 0.15) is 43.5 Å². The van der Waals surface area contributed by atoms with Gasteiger partial charge in [0.25, 0.3) is 5.91 Å². The van der Waals surface area contributed by atoms with Crippen molar-refractivity contribution in [3.63, 3.8) is 0 Å². The molecule has 1 aromatic carbocycles. The standard InChI is InChI=1S/C19H19FN4O.C2H6.C2H2/c20-15-7-4-8-16(15)23-18-14(19(21)25)10-22-24-11-13(9-17(18)24)12-5-2-1-3-6-12;2*1-2/h1-3,5-6,9-11,15-16,23H,4,7-8H2,(H2,21,25);1-2H3;1-2H/t15-,16+;;/m0../s1.